The van der Waals surface area contributed by atoms with E-state index in [2.05, 4.69) is 12.2 Å². The Kier molecular flexibility index (Phi) is 8.03. The molecule has 5 atom stereocenters. The minimum absolute atomic E-state index is 0.0563. The summed E-state index contributed by atoms with van der Waals surface area (Å²) in [4.78, 5) is 49.0. The van der Waals surface area contributed by atoms with Crippen LogP contribution in [0.15, 0.2) is 72.8 Å². The number of thioether (sulfide) groups is 1. The molecule has 2 fully saturated rings. The Morgan fingerprint density at radius 1 is 0.833 bits per heavy atom. The third-order valence-electron chi connectivity index (χ3n) is 9.24. The van der Waals surface area contributed by atoms with Crippen molar-refractivity contribution in [2.75, 3.05) is 36.0 Å². The van der Waals surface area contributed by atoms with Crippen LogP contribution in [0.3, 0.4) is 0 Å². The van der Waals surface area contributed by atoms with Crippen LogP contribution in [0, 0.1) is 25.7 Å². The summed E-state index contributed by atoms with van der Waals surface area (Å²) in [6.45, 7) is 5.52. The second-order valence-corrected chi connectivity index (χ2v) is 13.3. The fourth-order valence-corrected chi connectivity index (χ4v) is 9.40. The third kappa shape index (κ3) is 4.69. The van der Waals surface area contributed by atoms with Crippen LogP contribution in [0.2, 0.25) is 0 Å². The third-order valence-corrected chi connectivity index (χ3v) is 11.0. The predicted molar refractivity (Wildman–Crippen MR) is 167 cm³/mol. The number of amides is 3. The monoisotopic (exact) mass is 585 g/mol. The van der Waals surface area contributed by atoms with Crippen LogP contribution in [0.25, 0.3) is 0 Å². The number of hydrogen-bond acceptors (Lipinski definition) is 5. The van der Waals surface area contributed by atoms with E-state index in [1.165, 1.54) is 0 Å². The van der Waals surface area contributed by atoms with E-state index < -0.39 is 22.6 Å². The summed E-state index contributed by atoms with van der Waals surface area (Å²) >= 11 is 1.62. The van der Waals surface area contributed by atoms with Crippen molar-refractivity contribution < 1.29 is 19.5 Å². The number of benzene rings is 2. The molecular formula is C34H39N3O4S. The van der Waals surface area contributed by atoms with Gasteiger partial charge in [0.2, 0.25) is 11.8 Å². The van der Waals surface area contributed by atoms with Gasteiger partial charge in [-0.05, 0) is 49.9 Å². The predicted octanol–water partition coefficient (Wildman–Crippen LogP) is 4.66. The molecule has 0 bridgehead atoms. The lowest BCUT2D eigenvalue weighted by Gasteiger charge is -2.36. The normalized spacial score (nSPS) is 28.5. The largest absolute Gasteiger partial charge is 0.396 e. The van der Waals surface area contributed by atoms with Crippen molar-refractivity contribution in [2.45, 2.75) is 55.6 Å². The van der Waals surface area contributed by atoms with E-state index >= 15 is 0 Å². The average Bonchev–Trinajstić information content (AvgIpc) is 3.29. The smallest absolute Gasteiger partial charge is 0.251 e. The average molecular weight is 586 g/mol. The molecule has 42 heavy (non-hydrogen) atoms. The molecule has 1 spiro atoms. The van der Waals surface area contributed by atoms with Gasteiger partial charge in [0.15, 0.2) is 0 Å². The minimum Gasteiger partial charge on any atom is -0.396 e. The van der Waals surface area contributed by atoms with Gasteiger partial charge in [-0.3, -0.25) is 14.4 Å². The molecule has 0 saturated carbocycles. The Morgan fingerprint density at radius 3 is 2.29 bits per heavy atom. The number of unbranched alkanes of at least 4 members (excludes halogenated alkanes) is 3. The van der Waals surface area contributed by atoms with Gasteiger partial charge in [0, 0.05) is 42.9 Å². The van der Waals surface area contributed by atoms with Crippen molar-refractivity contribution in [1.29, 1.82) is 0 Å². The van der Waals surface area contributed by atoms with Crippen molar-refractivity contribution in [3.05, 3.63) is 84.0 Å². The van der Waals surface area contributed by atoms with E-state index in [-0.39, 0.29) is 29.6 Å². The first-order chi connectivity index (χ1) is 20.4. The molecule has 220 valence electrons. The Balaban J connectivity index is 1.41. The minimum atomic E-state index is -0.834. The van der Waals surface area contributed by atoms with Crippen LogP contribution in [0.5, 0.6) is 0 Å². The fraction of sp³-hybridized carbons (Fsp3) is 0.441. The van der Waals surface area contributed by atoms with E-state index in [1.54, 1.807) is 21.6 Å². The van der Waals surface area contributed by atoms with Gasteiger partial charge >= 0.3 is 0 Å². The van der Waals surface area contributed by atoms with Crippen LogP contribution in [-0.4, -0.2) is 70.0 Å². The van der Waals surface area contributed by atoms with Crippen molar-refractivity contribution in [3.63, 3.8) is 0 Å². The molecule has 1 unspecified atom stereocenters. The first-order valence-corrected chi connectivity index (χ1v) is 15.9. The molecule has 0 aliphatic carbocycles. The highest BCUT2D eigenvalue weighted by atomic mass is 32.2. The molecular weight excluding hydrogens is 546 g/mol. The van der Waals surface area contributed by atoms with Crippen molar-refractivity contribution in [3.8, 4) is 0 Å². The maximum atomic E-state index is 14.7. The van der Waals surface area contributed by atoms with Crippen LogP contribution in [0.4, 0.5) is 11.4 Å². The quantitative estimate of drug-likeness (QED) is 0.360. The van der Waals surface area contributed by atoms with E-state index in [4.69, 9.17) is 0 Å². The maximum absolute atomic E-state index is 14.7. The molecule has 0 aromatic heterocycles. The zero-order valence-electron chi connectivity index (χ0n) is 24.3. The van der Waals surface area contributed by atoms with Crippen LogP contribution in [0.1, 0.15) is 36.8 Å². The Bertz CT molecular complexity index is 1400. The number of carbonyl (C=O) groups is 3. The number of carbonyl (C=O) groups excluding carboxylic acids is 3. The number of fused-ring (bicyclic) bond motifs is 2. The van der Waals surface area contributed by atoms with E-state index in [0.717, 1.165) is 48.2 Å². The van der Waals surface area contributed by atoms with Crippen LogP contribution in [-0.2, 0) is 14.4 Å². The highest BCUT2D eigenvalue weighted by Gasteiger charge is 2.71. The number of aliphatic hydroxyl groups is 1. The number of rotatable bonds is 8. The Labute approximate surface area is 252 Å². The number of likely N-dealkylation sites (tertiary alicyclic amines) is 1. The molecule has 2 aromatic carbocycles. The molecule has 4 aliphatic heterocycles. The second-order valence-electron chi connectivity index (χ2n) is 11.8. The zero-order valence-corrected chi connectivity index (χ0v) is 25.1. The van der Waals surface area contributed by atoms with Crippen molar-refractivity contribution >= 4 is 40.9 Å². The summed E-state index contributed by atoms with van der Waals surface area (Å²) < 4.78 is -0.834. The van der Waals surface area contributed by atoms with Gasteiger partial charge < -0.3 is 19.8 Å². The van der Waals surface area contributed by atoms with Gasteiger partial charge in [0.1, 0.15) is 6.04 Å². The molecule has 4 heterocycles. The Hall–Kier alpha value is -3.36. The standard InChI is InChI=1S/C34H39N3O4S/c1-23-13-10-14-24(2)29(23)36-21-12-18-34-28(32(40)37(30(34)33(36)41)19-8-3-4-9-22-38)27-26(42-34)17-11-20-35(31(27)39)25-15-6-5-7-16-25/h5-7,10-18,26-28,30,38H,3-4,8-9,19-22H2,1-2H3/t26-,27+,28+,30?,34+/m1/s1. The first-order valence-electron chi connectivity index (χ1n) is 15.1. The SMILES string of the molecule is Cc1cccc(C)c1N1CC=C[C@]23S[C@@H]4C=CCN(c5ccccc5)C(=O)[C@@H]4[C@H]2C(=O)N(CCCCCCO)C3C1=O. The fourth-order valence-electron chi connectivity index (χ4n) is 7.40. The van der Waals surface area contributed by atoms with Gasteiger partial charge in [-0.25, -0.2) is 0 Å². The van der Waals surface area contributed by atoms with Crippen LogP contribution < -0.4 is 9.80 Å². The summed E-state index contributed by atoms with van der Waals surface area (Å²) in [7, 11) is 0. The van der Waals surface area contributed by atoms with Crippen molar-refractivity contribution in [2.24, 2.45) is 11.8 Å². The molecule has 3 amide bonds. The molecule has 2 aromatic rings. The van der Waals surface area contributed by atoms with Gasteiger partial charge in [-0.15, -0.1) is 11.8 Å². The highest BCUT2D eigenvalue weighted by Crippen LogP contribution is 2.61. The van der Waals surface area contributed by atoms with E-state index in [0.29, 0.717) is 19.6 Å². The summed E-state index contributed by atoms with van der Waals surface area (Å²) in [6, 6.07) is 15.0. The molecule has 1 N–H and O–H groups in total. The summed E-state index contributed by atoms with van der Waals surface area (Å²) in [5, 5.41) is 9.03. The molecule has 7 nitrogen and oxygen atoms in total. The lowest BCUT2D eigenvalue weighted by molar-refractivity contribution is -0.138. The van der Waals surface area contributed by atoms with Gasteiger partial charge in [-0.1, -0.05) is 73.5 Å². The number of anilines is 2. The summed E-state index contributed by atoms with van der Waals surface area (Å²) in [5.41, 5.74) is 3.75. The maximum Gasteiger partial charge on any atom is 0.251 e. The summed E-state index contributed by atoms with van der Waals surface area (Å²) in [5.74, 6) is -1.43. The first kappa shape index (κ1) is 28.7. The summed E-state index contributed by atoms with van der Waals surface area (Å²) in [6.07, 6.45) is 11.4. The molecule has 4 aliphatic rings. The lowest BCUT2D eigenvalue weighted by atomic mass is 9.78. The number of aliphatic hydroxyl groups excluding tert-OH is 1. The molecule has 8 heteroatoms. The number of para-hydroxylation sites is 2. The lowest BCUT2D eigenvalue weighted by Crippen LogP contribution is -2.53. The second kappa shape index (κ2) is 11.7. The van der Waals surface area contributed by atoms with Crippen molar-refractivity contribution in [1.82, 2.24) is 4.90 Å². The van der Waals surface area contributed by atoms with E-state index in [1.807, 2.05) is 79.4 Å². The topological polar surface area (TPSA) is 81.2 Å². The highest BCUT2D eigenvalue weighted by molar-refractivity contribution is 8.02. The number of nitrogens with zero attached hydrogens (tertiary/aromatic N) is 3. The van der Waals surface area contributed by atoms with Crippen LogP contribution >= 0.6 is 11.8 Å². The number of hydrogen-bond donors (Lipinski definition) is 1. The zero-order chi connectivity index (χ0) is 29.4. The molecule has 2 saturated heterocycles. The molecule has 6 rings (SSSR count). The number of aryl methyl sites for hydroxylation is 2. The van der Waals surface area contributed by atoms with Gasteiger partial charge in [0.05, 0.1) is 16.6 Å². The van der Waals surface area contributed by atoms with Gasteiger partial charge in [0.25, 0.3) is 5.91 Å². The Morgan fingerprint density at radius 2 is 1.55 bits per heavy atom. The molecule has 0 radical (unpaired) electrons. The van der Waals surface area contributed by atoms with Gasteiger partial charge in [-0.2, -0.15) is 0 Å². The van der Waals surface area contributed by atoms with E-state index in [9.17, 15) is 19.5 Å².